The standard InChI is InChI=1S/C11H17N3/c1-8-2-3-10-9(6-8)11-7-12-4-5-14(11)13-10/h8,12H,2-7H2,1H3/t8-/m1/s1. The van der Waals surface area contributed by atoms with E-state index in [0.29, 0.717) is 0 Å². The zero-order valence-corrected chi connectivity index (χ0v) is 8.71. The predicted molar refractivity (Wildman–Crippen MR) is 55.1 cm³/mol. The summed E-state index contributed by atoms with van der Waals surface area (Å²) in [5.41, 5.74) is 4.38. The van der Waals surface area contributed by atoms with Crippen molar-refractivity contribution in [1.29, 1.82) is 0 Å². The molecule has 0 unspecified atom stereocenters. The minimum Gasteiger partial charge on any atom is -0.309 e. The number of hydrogen-bond donors (Lipinski definition) is 1. The largest absolute Gasteiger partial charge is 0.309 e. The molecule has 0 saturated heterocycles. The lowest BCUT2D eigenvalue weighted by atomic mass is 9.87. The fourth-order valence-corrected chi connectivity index (χ4v) is 2.63. The van der Waals surface area contributed by atoms with Gasteiger partial charge < -0.3 is 5.32 Å². The maximum atomic E-state index is 4.70. The van der Waals surface area contributed by atoms with Crippen molar-refractivity contribution < 1.29 is 0 Å². The van der Waals surface area contributed by atoms with E-state index in [1.165, 1.54) is 30.7 Å². The average Bonchev–Trinajstić information content (AvgIpc) is 2.56. The third-order valence-corrected chi connectivity index (χ3v) is 3.47. The number of rotatable bonds is 0. The van der Waals surface area contributed by atoms with Crippen molar-refractivity contribution in [3.05, 3.63) is 17.0 Å². The van der Waals surface area contributed by atoms with Gasteiger partial charge >= 0.3 is 0 Å². The monoisotopic (exact) mass is 191 g/mol. The number of nitrogens with one attached hydrogen (secondary N) is 1. The smallest absolute Gasteiger partial charge is 0.0660 e. The van der Waals surface area contributed by atoms with Crippen molar-refractivity contribution in [2.45, 2.75) is 39.3 Å². The first-order valence-corrected chi connectivity index (χ1v) is 5.63. The Morgan fingerprint density at radius 1 is 1.50 bits per heavy atom. The van der Waals surface area contributed by atoms with Crippen molar-refractivity contribution in [2.24, 2.45) is 5.92 Å². The molecule has 0 saturated carbocycles. The average molecular weight is 191 g/mol. The lowest BCUT2D eigenvalue weighted by Gasteiger charge is -2.19. The van der Waals surface area contributed by atoms with E-state index >= 15 is 0 Å². The van der Waals surface area contributed by atoms with E-state index in [0.717, 1.165) is 25.6 Å². The third-order valence-electron chi connectivity index (χ3n) is 3.47. The normalized spacial score (nSPS) is 25.6. The molecule has 1 atom stereocenters. The molecule has 0 spiro atoms. The van der Waals surface area contributed by atoms with Gasteiger partial charge in [0.25, 0.3) is 0 Å². The molecule has 1 aliphatic carbocycles. The lowest BCUT2D eigenvalue weighted by molar-refractivity contribution is 0.472. The van der Waals surface area contributed by atoms with Crippen molar-refractivity contribution in [3.8, 4) is 0 Å². The highest BCUT2D eigenvalue weighted by atomic mass is 15.3. The molecule has 1 aromatic heterocycles. The molecule has 1 aliphatic heterocycles. The van der Waals surface area contributed by atoms with Gasteiger partial charge in [0.2, 0.25) is 0 Å². The highest BCUT2D eigenvalue weighted by Crippen LogP contribution is 2.28. The fourth-order valence-electron chi connectivity index (χ4n) is 2.63. The van der Waals surface area contributed by atoms with Crippen LogP contribution >= 0.6 is 0 Å². The van der Waals surface area contributed by atoms with E-state index < -0.39 is 0 Å². The summed E-state index contributed by atoms with van der Waals surface area (Å²) in [6.45, 7) is 5.50. The van der Waals surface area contributed by atoms with E-state index in [1.54, 1.807) is 5.56 Å². The summed E-state index contributed by atoms with van der Waals surface area (Å²) in [7, 11) is 0. The molecule has 0 radical (unpaired) electrons. The van der Waals surface area contributed by atoms with Gasteiger partial charge in [-0.3, -0.25) is 4.68 Å². The van der Waals surface area contributed by atoms with Crippen molar-refractivity contribution in [3.63, 3.8) is 0 Å². The minimum absolute atomic E-state index is 0.846. The molecule has 1 N–H and O–H groups in total. The minimum atomic E-state index is 0.846. The second kappa shape index (κ2) is 3.09. The van der Waals surface area contributed by atoms with Crippen molar-refractivity contribution in [2.75, 3.05) is 6.54 Å². The quantitative estimate of drug-likeness (QED) is 0.666. The van der Waals surface area contributed by atoms with Crippen LogP contribution in [0.5, 0.6) is 0 Å². The predicted octanol–water partition coefficient (Wildman–Crippen LogP) is 1.11. The maximum Gasteiger partial charge on any atom is 0.0660 e. The summed E-state index contributed by atoms with van der Waals surface area (Å²) < 4.78 is 2.22. The molecule has 2 aliphatic rings. The van der Waals surface area contributed by atoms with Gasteiger partial charge in [-0.2, -0.15) is 5.10 Å². The Balaban J connectivity index is 2.05. The molecule has 3 rings (SSSR count). The first kappa shape index (κ1) is 8.48. The molecule has 3 nitrogen and oxygen atoms in total. The molecular weight excluding hydrogens is 174 g/mol. The molecule has 0 bridgehead atoms. The topological polar surface area (TPSA) is 29.9 Å². The highest BCUT2D eigenvalue weighted by molar-refractivity contribution is 5.29. The second-order valence-corrected chi connectivity index (χ2v) is 4.62. The Hall–Kier alpha value is -0.830. The summed E-state index contributed by atoms with van der Waals surface area (Å²) in [5, 5.41) is 8.13. The van der Waals surface area contributed by atoms with Crippen molar-refractivity contribution in [1.82, 2.24) is 15.1 Å². The van der Waals surface area contributed by atoms with Gasteiger partial charge in [-0.15, -0.1) is 0 Å². The van der Waals surface area contributed by atoms with E-state index in [2.05, 4.69) is 16.9 Å². The van der Waals surface area contributed by atoms with Crippen LogP contribution in [0.3, 0.4) is 0 Å². The van der Waals surface area contributed by atoms with Crippen LogP contribution in [0.4, 0.5) is 0 Å². The van der Waals surface area contributed by atoms with Crippen molar-refractivity contribution >= 4 is 0 Å². The van der Waals surface area contributed by atoms with E-state index in [9.17, 15) is 0 Å². The Bertz CT molecular complexity index is 354. The molecule has 2 heterocycles. The highest BCUT2D eigenvalue weighted by Gasteiger charge is 2.24. The van der Waals surface area contributed by atoms with Crippen LogP contribution in [0.25, 0.3) is 0 Å². The lowest BCUT2D eigenvalue weighted by Crippen LogP contribution is -2.29. The van der Waals surface area contributed by atoms with Crippen LogP contribution in [0, 0.1) is 5.92 Å². The van der Waals surface area contributed by atoms with Gasteiger partial charge in [-0.05, 0) is 30.7 Å². The molecule has 0 amide bonds. The Labute approximate surface area is 84.5 Å². The summed E-state index contributed by atoms with van der Waals surface area (Å²) in [6.07, 6.45) is 3.75. The SMILES string of the molecule is C[C@@H]1CCc2nn3c(c2C1)CNCC3. The van der Waals surface area contributed by atoms with Crippen LogP contribution in [0.15, 0.2) is 0 Å². The maximum absolute atomic E-state index is 4.70. The van der Waals surface area contributed by atoms with Crippen LogP contribution in [-0.2, 0) is 25.9 Å². The van der Waals surface area contributed by atoms with Gasteiger partial charge in [0.1, 0.15) is 0 Å². The number of fused-ring (bicyclic) bond motifs is 3. The Kier molecular flexibility index (Phi) is 1.87. The van der Waals surface area contributed by atoms with Crippen LogP contribution in [-0.4, -0.2) is 16.3 Å². The fraction of sp³-hybridized carbons (Fsp3) is 0.727. The number of nitrogens with zero attached hydrogens (tertiary/aromatic N) is 2. The number of hydrogen-bond acceptors (Lipinski definition) is 2. The van der Waals surface area contributed by atoms with E-state index in [4.69, 9.17) is 5.10 Å². The van der Waals surface area contributed by atoms with Gasteiger partial charge in [-0.1, -0.05) is 6.92 Å². The molecule has 76 valence electrons. The third kappa shape index (κ3) is 1.19. The summed E-state index contributed by atoms with van der Waals surface area (Å²) >= 11 is 0. The van der Waals surface area contributed by atoms with Gasteiger partial charge in [0.15, 0.2) is 0 Å². The van der Waals surface area contributed by atoms with Gasteiger partial charge in [-0.25, -0.2) is 0 Å². The van der Waals surface area contributed by atoms with E-state index in [-0.39, 0.29) is 0 Å². The van der Waals surface area contributed by atoms with Gasteiger partial charge in [0.05, 0.1) is 17.9 Å². The summed E-state index contributed by atoms with van der Waals surface area (Å²) in [5.74, 6) is 0.846. The van der Waals surface area contributed by atoms with Crippen LogP contribution in [0.2, 0.25) is 0 Å². The van der Waals surface area contributed by atoms with Crippen LogP contribution in [0.1, 0.15) is 30.3 Å². The molecule has 3 heteroatoms. The molecule has 1 aromatic rings. The summed E-state index contributed by atoms with van der Waals surface area (Å²) in [6, 6.07) is 0. The number of aromatic nitrogens is 2. The Morgan fingerprint density at radius 2 is 2.43 bits per heavy atom. The first-order chi connectivity index (χ1) is 6.84. The molecule has 14 heavy (non-hydrogen) atoms. The molecular formula is C11H17N3. The number of aryl methyl sites for hydroxylation is 1. The molecule has 0 fully saturated rings. The van der Waals surface area contributed by atoms with Gasteiger partial charge in [0, 0.05) is 13.1 Å². The summed E-state index contributed by atoms with van der Waals surface area (Å²) in [4.78, 5) is 0. The van der Waals surface area contributed by atoms with E-state index in [1.807, 2.05) is 0 Å². The zero-order chi connectivity index (χ0) is 9.54. The molecule has 0 aromatic carbocycles. The first-order valence-electron chi connectivity index (χ1n) is 5.63. The Morgan fingerprint density at radius 3 is 3.36 bits per heavy atom. The second-order valence-electron chi connectivity index (χ2n) is 4.62. The zero-order valence-electron chi connectivity index (χ0n) is 8.71. The van der Waals surface area contributed by atoms with Crippen LogP contribution < -0.4 is 5.32 Å².